The van der Waals surface area contributed by atoms with E-state index in [0.29, 0.717) is 6.61 Å². The summed E-state index contributed by atoms with van der Waals surface area (Å²) in [5.74, 6) is 0. The van der Waals surface area contributed by atoms with Crippen LogP contribution in [0.5, 0.6) is 0 Å². The summed E-state index contributed by atoms with van der Waals surface area (Å²) in [6.07, 6.45) is 0.859. The normalized spacial score (nSPS) is 12.8. The predicted molar refractivity (Wildman–Crippen MR) is 57.6 cm³/mol. The fourth-order valence-electron chi connectivity index (χ4n) is 1.12. The Morgan fingerprint density at radius 2 is 2.00 bits per heavy atom. The number of nitrogens with two attached hydrogens (primary N) is 1. The van der Waals surface area contributed by atoms with Crippen LogP contribution in [0, 0.1) is 0 Å². The fourth-order valence-corrected chi connectivity index (χ4v) is 1.39. The van der Waals surface area contributed by atoms with E-state index in [1.54, 1.807) is 7.11 Å². The highest BCUT2D eigenvalue weighted by molar-refractivity contribution is 9.10. The van der Waals surface area contributed by atoms with Crippen LogP contribution in [0.2, 0.25) is 0 Å². The van der Waals surface area contributed by atoms with E-state index >= 15 is 0 Å². The second-order valence-electron chi connectivity index (χ2n) is 2.94. The van der Waals surface area contributed by atoms with E-state index in [0.717, 1.165) is 16.5 Å². The third kappa shape index (κ3) is 3.46. The van der Waals surface area contributed by atoms with Crippen molar-refractivity contribution in [2.75, 3.05) is 13.7 Å². The summed E-state index contributed by atoms with van der Waals surface area (Å²) in [6, 6.07) is 8.15. The van der Waals surface area contributed by atoms with Gasteiger partial charge in [-0.1, -0.05) is 28.1 Å². The van der Waals surface area contributed by atoms with E-state index in [4.69, 9.17) is 10.5 Å². The maximum Gasteiger partial charge on any atom is 0.0480 e. The van der Waals surface area contributed by atoms with Gasteiger partial charge in [-0.15, -0.1) is 0 Å². The summed E-state index contributed by atoms with van der Waals surface area (Å²) in [5.41, 5.74) is 7.09. The number of benzene rings is 1. The molecule has 1 aromatic rings. The van der Waals surface area contributed by atoms with E-state index < -0.39 is 0 Å². The summed E-state index contributed by atoms with van der Waals surface area (Å²) >= 11 is 3.38. The Bertz CT molecular complexity index is 248. The van der Waals surface area contributed by atoms with E-state index in [1.807, 2.05) is 24.3 Å². The fraction of sp³-hybridized carbons (Fsp3) is 0.400. The van der Waals surface area contributed by atoms with Crippen molar-refractivity contribution >= 4 is 15.9 Å². The number of halogens is 1. The van der Waals surface area contributed by atoms with Gasteiger partial charge in [-0.2, -0.15) is 0 Å². The van der Waals surface area contributed by atoms with Crippen LogP contribution in [0.1, 0.15) is 18.0 Å². The molecular weight excluding hydrogens is 230 g/mol. The van der Waals surface area contributed by atoms with Gasteiger partial charge in [-0.3, -0.25) is 0 Å². The molecule has 0 saturated carbocycles. The summed E-state index contributed by atoms with van der Waals surface area (Å²) in [7, 11) is 1.69. The second-order valence-corrected chi connectivity index (χ2v) is 3.86. The van der Waals surface area contributed by atoms with Crippen LogP contribution in [0.3, 0.4) is 0 Å². The molecule has 0 aliphatic heterocycles. The highest BCUT2D eigenvalue weighted by atomic mass is 79.9. The van der Waals surface area contributed by atoms with E-state index in [9.17, 15) is 0 Å². The highest BCUT2D eigenvalue weighted by Crippen LogP contribution is 2.17. The lowest BCUT2D eigenvalue weighted by Crippen LogP contribution is -2.12. The van der Waals surface area contributed by atoms with Gasteiger partial charge in [-0.25, -0.2) is 0 Å². The molecule has 1 atom stereocenters. The lowest BCUT2D eigenvalue weighted by Gasteiger charge is -2.10. The molecule has 1 rings (SSSR count). The number of rotatable bonds is 4. The van der Waals surface area contributed by atoms with Crippen molar-refractivity contribution in [1.82, 2.24) is 0 Å². The molecule has 1 unspecified atom stereocenters. The molecule has 0 aliphatic rings. The Morgan fingerprint density at radius 3 is 2.54 bits per heavy atom. The molecular formula is C10H14BrNO. The topological polar surface area (TPSA) is 35.2 Å². The first kappa shape index (κ1) is 10.7. The smallest absolute Gasteiger partial charge is 0.0480 e. The standard InChI is InChI=1S/C10H14BrNO/c1-13-7-6-10(12)8-2-4-9(11)5-3-8/h2-5,10H,6-7,12H2,1H3. The Labute approximate surface area is 87.2 Å². The molecule has 3 heteroatoms. The third-order valence-electron chi connectivity index (χ3n) is 1.93. The zero-order chi connectivity index (χ0) is 9.68. The van der Waals surface area contributed by atoms with E-state index in [-0.39, 0.29) is 6.04 Å². The number of hydrogen-bond donors (Lipinski definition) is 1. The van der Waals surface area contributed by atoms with Gasteiger partial charge in [0.15, 0.2) is 0 Å². The van der Waals surface area contributed by atoms with Crippen molar-refractivity contribution in [1.29, 1.82) is 0 Å². The van der Waals surface area contributed by atoms with Crippen LogP contribution in [0.25, 0.3) is 0 Å². The molecule has 0 amide bonds. The summed E-state index contributed by atoms with van der Waals surface area (Å²) in [6.45, 7) is 0.706. The largest absolute Gasteiger partial charge is 0.385 e. The Hall–Kier alpha value is -0.380. The molecule has 0 heterocycles. The molecule has 2 nitrogen and oxygen atoms in total. The van der Waals surface area contributed by atoms with Crippen molar-refractivity contribution < 1.29 is 4.74 Å². The Balaban J connectivity index is 2.55. The van der Waals surface area contributed by atoms with Gasteiger partial charge in [-0.05, 0) is 24.1 Å². The average Bonchev–Trinajstić information content (AvgIpc) is 2.15. The second kappa shape index (κ2) is 5.37. The minimum Gasteiger partial charge on any atom is -0.385 e. The molecule has 0 radical (unpaired) electrons. The van der Waals surface area contributed by atoms with Crippen LogP contribution in [0.15, 0.2) is 28.7 Å². The Kier molecular flexibility index (Phi) is 4.42. The molecule has 13 heavy (non-hydrogen) atoms. The summed E-state index contributed by atoms with van der Waals surface area (Å²) < 4.78 is 6.05. The van der Waals surface area contributed by atoms with Crippen molar-refractivity contribution in [2.24, 2.45) is 5.73 Å². The van der Waals surface area contributed by atoms with Crippen molar-refractivity contribution in [3.05, 3.63) is 34.3 Å². The molecule has 0 saturated heterocycles. The van der Waals surface area contributed by atoms with Crippen LogP contribution in [0.4, 0.5) is 0 Å². The lowest BCUT2D eigenvalue weighted by atomic mass is 10.1. The predicted octanol–water partition coefficient (Wildman–Crippen LogP) is 2.49. The minimum atomic E-state index is 0.0769. The van der Waals surface area contributed by atoms with Gasteiger partial charge < -0.3 is 10.5 Å². The van der Waals surface area contributed by atoms with Crippen LogP contribution < -0.4 is 5.73 Å². The van der Waals surface area contributed by atoms with Gasteiger partial charge in [0.05, 0.1) is 0 Å². The van der Waals surface area contributed by atoms with E-state index in [1.165, 1.54) is 0 Å². The SMILES string of the molecule is COCCC(N)c1ccc(Br)cc1. The molecule has 0 bridgehead atoms. The molecule has 1 aromatic carbocycles. The summed E-state index contributed by atoms with van der Waals surface area (Å²) in [5, 5.41) is 0. The zero-order valence-corrected chi connectivity index (χ0v) is 9.25. The van der Waals surface area contributed by atoms with E-state index in [2.05, 4.69) is 15.9 Å². The van der Waals surface area contributed by atoms with Crippen LogP contribution in [-0.4, -0.2) is 13.7 Å². The van der Waals surface area contributed by atoms with Gasteiger partial charge in [0, 0.05) is 24.2 Å². The van der Waals surface area contributed by atoms with Gasteiger partial charge in [0.25, 0.3) is 0 Å². The minimum absolute atomic E-state index is 0.0769. The summed E-state index contributed by atoms with van der Waals surface area (Å²) in [4.78, 5) is 0. The first-order valence-electron chi connectivity index (χ1n) is 4.24. The maximum absolute atomic E-state index is 5.94. The van der Waals surface area contributed by atoms with Crippen molar-refractivity contribution in [3.63, 3.8) is 0 Å². The number of hydrogen-bond acceptors (Lipinski definition) is 2. The first-order chi connectivity index (χ1) is 6.24. The monoisotopic (exact) mass is 243 g/mol. The van der Waals surface area contributed by atoms with Gasteiger partial charge in [0.1, 0.15) is 0 Å². The van der Waals surface area contributed by atoms with Crippen molar-refractivity contribution in [2.45, 2.75) is 12.5 Å². The van der Waals surface area contributed by atoms with Crippen LogP contribution >= 0.6 is 15.9 Å². The van der Waals surface area contributed by atoms with Crippen LogP contribution in [-0.2, 0) is 4.74 Å². The lowest BCUT2D eigenvalue weighted by molar-refractivity contribution is 0.188. The first-order valence-corrected chi connectivity index (χ1v) is 5.03. The molecule has 0 spiro atoms. The molecule has 0 aliphatic carbocycles. The third-order valence-corrected chi connectivity index (χ3v) is 2.46. The molecule has 72 valence electrons. The maximum atomic E-state index is 5.94. The molecule has 0 fully saturated rings. The molecule has 0 aromatic heterocycles. The molecule has 2 N–H and O–H groups in total. The number of ether oxygens (including phenoxy) is 1. The Morgan fingerprint density at radius 1 is 1.38 bits per heavy atom. The van der Waals surface area contributed by atoms with Crippen molar-refractivity contribution in [3.8, 4) is 0 Å². The average molecular weight is 244 g/mol. The van der Waals surface area contributed by atoms with Gasteiger partial charge >= 0.3 is 0 Å². The highest BCUT2D eigenvalue weighted by Gasteiger charge is 2.04. The van der Waals surface area contributed by atoms with Gasteiger partial charge in [0.2, 0.25) is 0 Å². The zero-order valence-electron chi connectivity index (χ0n) is 7.66. The number of methoxy groups -OCH3 is 1. The quantitative estimate of drug-likeness (QED) is 0.883.